The summed E-state index contributed by atoms with van der Waals surface area (Å²) in [6.45, 7) is 0. The number of fused-ring (bicyclic) bond motifs is 1. The minimum Gasteiger partial charge on any atom is -0.214 e. The zero-order valence-corrected chi connectivity index (χ0v) is 14.7. The lowest BCUT2D eigenvalue weighted by Crippen LogP contribution is -2.18. The van der Waals surface area contributed by atoms with Crippen molar-refractivity contribution < 1.29 is 8.42 Å². The molecular formula is C17H18BrNO2S. The number of rotatable bonds is 4. The second kappa shape index (κ2) is 6.14. The van der Waals surface area contributed by atoms with Gasteiger partial charge >= 0.3 is 0 Å². The van der Waals surface area contributed by atoms with Gasteiger partial charge in [-0.05, 0) is 61.1 Å². The first-order valence-electron chi connectivity index (χ1n) is 7.31. The summed E-state index contributed by atoms with van der Waals surface area (Å²) in [6, 6.07) is 13.9. The standard InChI is InChI=1S/C17H18BrNO2S/c1-19-22(20,21)15-9-8-14(17(18)11-15)10-13-7-6-12-4-2-3-5-16(12)13/h2-5,8-9,11,13,19H,6-7,10H2,1H3. The van der Waals surface area contributed by atoms with Crippen LogP contribution in [0.3, 0.4) is 0 Å². The van der Waals surface area contributed by atoms with E-state index in [1.807, 2.05) is 6.07 Å². The van der Waals surface area contributed by atoms with Gasteiger partial charge in [0.15, 0.2) is 0 Å². The zero-order chi connectivity index (χ0) is 15.7. The van der Waals surface area contributed by atoms with E-state index in [4.69, 9.17) is 0 Å². The molecule has 0 amide bonds. The Labute approximate surface area is 139 Å². The lowest BCUT2D eigenvalue weighted by molar-refractivity contribution is 0.588. The molecule has 2 aromatic carbocycles. The summed E-state index contributed by atoms with van der Waals surface area (Å²) in [5.41, 5.74) is 4.02. The van der Waals surface area contributed by atoms with E-state index in [2.05, 4.69) is 44.9 Å². The fraction of sp³-hybridized carbons (Fsp3) is 0.294. The highest BCUT2D eigenvalue weighted by Gasteiger charge is 2.23. The van der Waals surface area contributed by atoms with Crippen molar-refractivity contribution in [2.75, 3.05) is 7.05 Å². The molecule has 0 fully saturated rings. The van der Waals surface area contributed by atoms with Gasteiger partial charge in [-0.15, -0.1) is 0 Å². The maximum atomic E-state index is 11.8. The first-order valence-corrected chi connectivity index (χ1v) is 9.58. The van der Waals surface area contributed by atoms with Crippen molar-refractivity contribution in [2.24, 2.45) is 0 Å². The van der Waals surface area contributed by atoms with E-state index >= 15 is 0 Å². The summed E-state index contributed by atoms with van der Waals surface area (Å²) in [4.78, 5) is 0.289. The van der Waals surface area contributed by atoms with Gasteiger partial charge in [0, 0.05) is 4.47 Å². The van der Waals surface area contributed by atoms with Crippen molar-refractivity contribution in [3.63, 3.8) is 0 Å². The van der Waals surface area contributed by atoms with Crippen LogP contribution in [0.5, 0.6) is 0 Å². The van der Waals surface area contributed by atoms with E-state index in [-0.39, 0.29) is 4.90 Å². The van der Waals surface area contributed by atoms with Crippen LogP contribution in [0.4, 0.5) is 0 Å². The van der Waals surface area contributed by atoms with Gasteiger partial charge in [0.2, 0.25) is 10.0 Å². The van der Waals surface area contributed by atoms with Gasteiger partial charge in [-0.2, -0.15) is 0 Å². The fourth-order valence-electron chi connectivity index (χ4n) is 3.10. The number of hydrogen-bond donors (Lipinski definition) is 1. The number of aryl methyl sites for hydroxylation is 1. The molecule has 1 N–H and O–H groups in total. The van der Waals surface area contributed by atoms with Crippen LogP contribution in [-0.2, 0) is 22.9 Å². The zero-order valence-electron chi connectivity index (χ0n) is 12.3. The van der Waals surface area contributed by atoms with Crippen LogP contribution in [-0.4, -0.2) is 15.5 Å². The molecule has 116 valence electrons. The minimum absolute atomic E-state index is 0.289. The molecule has 3 rings (SSSR count). The van der Waals surface area contributed by atoms with Crippen molar-refractivity contribution in [2.45, 2.75) is 30.1 Å². The Bertz CT molecular complexity index is 802. The molecule has 22 heavy (non-hydrogen) atoms. The van der Waals surface area contributed by atoms with Crippen molar-refractivity contribution in [3.8, 4) is 0 Å². The van der Waals surface area contributed by atoms with Crippen molar-refractivity contribution in [1.29, 1.82) is 0 Å². The van der Waals surface area contributed by atoms with E-state index < -0.39 is 10.0 Å². The molecule has 0 bridgehead atoms. The maximum absolute atomic E-state index is 11.8. The molecule has 2 aromatic rings. The van der Waals surface area contributed by atoms with Crippen LogP contribution in [0.25, 0.3) is 0 Å². The number of hydrogen-bond acceptors (Lipinski definition) is 2. The van der Waals surface area contributed by atoms with Crippen LogP contribution in [0, 0.1) is 0 Å². The highest BCUT2D eigenvalue weighted by molar-refractivity contribution is 9.10. The summed E-state index contributed by atoms with van der Waals surface area (Å²) in [5, 5.41) is 0. The van der Waals surface area contributed by atoms with Crippen LogP contribution in [0.1, 0.15) is 29.0 Å². The molecule has 1 aliphatic carbocycles. The van der Waals surface area contributed by atoms with E-state index in [0.29, 0.717) is 5.92 Å². The monoisotopic (exact) mass is 379 g/mol. The van der Waals surface area contributed by atoms with E-state index in [0.717, 1.165) is 29.3 Å². The van der Waals surface area contributed by atoms with Gasteiger partial charge in [0.25, 0.3) is 0 Å². The predicted molar refractivity (Wildman–Crippen MR) is 91.6 cm³/mol. The molecule has 0 aromatic heterocycles. The number of nitrogens with one attached hydrogen (secondary N) is 1. The third-order valence-electron chi connectivity index (χ3n) is 4.33. The fourth-order valence-corrected chi connectivity index (χ4v) is 4.55. The van der Waals surface area contributed by atoms with Crippen LogP contribution < -0.4 is 4.72 Å². The Morgan fingerprint density at radius 3 is 2.73 bits per heavy atom. The van der Waals surface area contributed by atoms with Gasteiger partial charge in [-0.1, -0.05) is 46.3 Å². The van der Waals surface area contributed by atoms with E-state index in [1.165, 1.54) is 18.2 Å². The summed E-state index contributed by atoms with van der Waals surface area (Å²) < 4.78 is 26.9. The molecule has 1 unspecified atom stereocenters. The molecular weight excluding hydrogens is 362 g/mol. The molecule has 0 aliphatic heterocycles. The third kappa shape index (κ3) is 2.98. The smallest absolute Gasteiger partial charge is 0.214 e. The van der Waals surface area contributed by atoms with Gasteiger partial charge < -0.3 is 0 Å². The van der Waals surface area contributed by atoms with Crippen LogP contribution >= 0.6 is 15.9 Å². The third-order valence-corrected chi connectivity index (χ3v) is 6.48. The Morgan fingerprint density at radius 2 is 2.00 bits per heavy atom. The van der Waals surface area contributed by atoms with Crippen LogP contribution in [0.2, 0.25) is 0 Å². The van der Waals surface area contributed by atoms with Gasteiger partial charge in [0.1, 0.15) is 0 Å². The quantitative estimate of drug-likeness (QED) is 0.881. The van der Waals surface area contributed by atoms with Gasteiger partial charge in [-0.3, -0.25) is 0 Å². The summed E-state index contributed by atoms with van der Waals surface area (Å²) >= 11 is 3.52. The van der Waals surface area contributed by atoms with Crippen LogP contribution in [0.15, 0.2) is 51.8 Å². The molecule has 5 heteroatoms. The topological polar surface area (TPSA) is 46.2 Å². The van der Waals surface area contributed by atoms with E-state index in [1.54, 1.807) is 12.1 Å². The maximum Gasteiger partial charge on any atom is 0.240 e. The normalized spacial score (nSPS) is 17.5. The van der Waals surface area contributed by atoms with Crippen molar-refractivity contribution >= 4 is 26.0 Å². The largest absolute Gasteiger partial charge is 0.240 e. The second-order valence-corrected chi connectivity index (χ2v) is 8.34. The SMILES string of the molecule is CNS(=O)(=O)c1ccc(CC2CCc3ccccc32)c(Br)c1. The highest BCUT2D eigenvalue weighted by atomic mass is 79.9. The lowest BCUT2D eigenvalue weighted by Gasteiger charge is -2.14. The average Bonchev–Trinajstić information content (AvgIpc) is 2.92. The number of sulfonamides is 1. The molecule has 0 saturated heterocycles. The molecule has 3 nitrogen and oxygen atoms in total. The Morgan fingerprint density at radius 1 is 1.23 bits per heavy atom. The number of halogens is 1. The van der Waals surface area contributed by atoms with Crippen molar-refractivity contribution in [3.05, 3.63) is 63.6 Å². The lowest BCUT2D eigenvalue weighted by atomic mass is 9.94. The Balaban J connectivity index is 1.86. The summed E-state index contributed by atoms with van der Waals surface area (Å²) in [7, 11) is -1.97. The molecule has 0 radical (unpaired) electrons. The predicted octanol–water partition coefficient (Wildman–Crippen LogP) is 3.63. The molecule has 0 heterocycles. The molecule has 0 spiro atoms. The van der Waals surface area contributed by atoms with E-state index in [9.17, 15) is 8.42 Å². The Kier molecular flexibility index (Phi) is 4.39. The molecule has 0 saturated carbocycles. The van der Waals surface area contributed by atoms with Crippen molar-refractivity contribution in [1.82, 2.24) is 4.72 Å². The second-order valence-electron chi connectivity index (χ2n) is 5.60. The number of benzene rings is 2. The summed E-state index contributed by atoms with van der Waals surface area (Å²) in [5.74, 6) is 0.513. The minimum atomic E-state index is -3.39. The molecule has 1 aliphatic rings. The molecule has 1 atom stereocenters. The average molecular weight is 380 g/mol. The van der Waals surface area contributed by atoms with Gasteiger partial charge in [0.05, 0.1) is 4.90 Å². The first kappa shape index (κ1) is 15.7. The Hall–Kier alpha value is -1.17. The highest BCUT2D eigenvalue weighted by Crippen LogP contribution is 2.36. The summed E-state index contributed by atoms with van der Waals surface area (Å²) in [6.07, 6.45) is 3.21. The van der Waals surface area contributed by atoms with Gasteiger partial charge in [-0.25, -0.2) is 13.1 Å². The first-order chi connectivity index (χ1) is 10.5.